The lowest BCUT2D eigenvalue weighted by atomic mass is 10.1. The van der Waals surface area contributed by atoms with Crippen molar-refractivity contribution in [2.24, 2.45) is 5.73 Å². The van der Waals surface area contributed by atoms with E-state index in [1.54, 1.807) is 0 Å². The lowest BCUT2D eigenvalue weighted by molar-refractivity contribution is -0.118. The SMILES string of the molecule is NC(=O)CC[C@@H]([C]=O)NCCCCCC(=O)Nc1ccc(OS(=O)(=O)O)cc1. The largest absolute Gasteiger partial charge is 0.446 e. The number of hydrogen-bond donors (Lipinski definition) is 4. The van der Waals surface area contributed by atoms with E-state index in [1.165, 1.54) is 24.3 Å². The van der Waals surface area contributed by atoms with Gasteiger partial charge in [-0.2, -0.15) is 8.42 Å². The molecule has 1 aromatic carbocycles. The van der Waals surface area contributed by atoms with Crippen molar-refractivity contribution < 1.29 is 31.5 Å². The molecule has 0 unspecified atom stereocenters. The summed E-state index contributed by atoms with van der Waals surface area (Å²) in [4.78, 5) is 33.3. The standard InChI is InChI=1S/C17H24N3O7S/c18-16(22)10-7-14(12-21)19-11-3-1-2-4-17(23)20-13-5-8-15(9-6-13)27-28(24,25)26/h5-6,8-9,14,19H,1-4,7,10-11H2,(H2,18,22)(H,20,23)(H,24,25,26)/t14-/m0/s1. The Kier molecular flexibility index (Phi) is 10.1. The topological polar surface area (TPSA) is 165 Å². The highest BCUT2D eigenvalue weighted by molar-refractivity contribution is 7.81. The van der Waals surface area contributed by atoms with Crippen LogP contribution in [0.5, 0.6) is 5.75 Å². The van der Waals surface area contributed by atoms with E-state index in [-0.39, 0.29) is 18.1 Å². The zero-order chi connectivity index (χ0) is 21.0. The Labute approximate surface area is 163 Å². The predicted molar refractivity (Wildman–Crippen MR) is 102 cm³/mol. The molecule has 11 heteroatoms. The summed E-state index contributed by atoms with van der Waals surface area (Å²) in [6, 6.07) is 4.97. The lowest BCUT2D eigenvalue weighted by Gasteiger charge is -2.10. The van der Waals surface area contributed by atoms with E-state index in [0.29, 0.717) is 31.5 Å². The molecule has 1 atom stereocenters. The first-order chi connectivity index (χ1) is 13.2. The number of carbonyl (C=O) groups excluding carboxylic acids is 3. The van der Waals surface area contributed by atoms with Gasteiger partial charge >= 0.3 is 10.4 Å². The van der Waals surface area contributed by atoms with Crippen LogP contribution in [0.25, 0.3) is 0 Å². The summed E-state index contributed by atoms with van der Waals surface area (Å²) in [6.45, 7) is 0.565. The van der Waals surface area contributed by atoms with Crippen LogP contribution in [-0.2, 0) is 24.8 Å². The van der Waals surface area contributed by atoms with Crippen molar-refractivity contribution >= 4 is 34.2 Å². The molecule has 5 N–H and O–H groups in total. The summed E-state index contributed by atoms with van der Waals surface area (Å²) in [7, 11) is -4.58. The molecule has 0 aliphatic carbocycles. The Morgan fingerprint density at radius 3 is 2.39 bits per heavy atom. The van der Waals surface area contributed by atoms with Gasteiger partial charge in [-0.05, 0) is 50.1 Å². The Balaban J connectivity index is 2.20. The maximum Gasteiger partial charge on any atom is 0.446 e. The molecule has 0 fully saturated rings. The molecule has 0 heterocycles. The van der Waals surface area contributed by atoms with Gasteiger partial charge < -0.3 is 20.6 Å². The third-order valence-corrected chi connectivity index (χ3v) is 4.04. The molecule has 0 saturated heterocycles. The summed E-state index contributed by atoms with van der Waals surface area (Å²) >= 11 is 0. The molecule has 0 aliphatic rings. The second-order valence-electron chi connectivity index (χ2n) is 6.02. The minimum absolute atomic E-state index is 0.0744. The number of nitrogens with one attached hydrogen (secondary N) is 2. The first kappa shape index (κ1) is 23.5. The van der Waals surface area contributed by atoms with E-state index in [1.807, 2.05) is 6.29 Å². The Morgan fingerprint density at radius 1 is 1.14 bits per heavy atom. The van der Waals surface area contributed by atoms with Gasteiger partial charge in [0.05, 0.1) is 6.04 Å². The van der Waals surface area contributed by atoms with Gasteiger partial charge in [-0.3, -0.25) is 18.9 Å². The minimum atomic E-state index is -4.58. The molecule has 0 bridgehead atoms. The van der Waals surface area contributed by atoms with Crippen LogP contribution in [0.1, 0.15) is 38.5 Å². The van der Waals surface area contributed by atoms with Crippen molar-refractivity contribution in [3.05, 3.63) is 24.3 Å². The number of primary amides is 1. The molecule has 0 aliphatic heterocycles. The van der Waals surface area contributed by atoms with Crippen molar-refractivity contribution in [3.63, 3.8) is 0 Å². The summed E-state index contributed by atoms with van der Waals surface area (Å²) in [6.07, 6.45) is 4.72. The van der Waals surface area contributed by atoms with Gasteiger partial charge in [0.15, 0.2) is 0 Å². The Morgan fingerprint density at radius 2 is 1.82 bits per heavy atom. The van der Waals surface area contributed by atoms with Crippen LogP contribution in [0.2, 0.25) is 0 Å². The highest BCUT2D eigenvalue weighted by Gasteiger charge is 2.09. The summed E-state index contributed by atoms with van der Waals surface area (Å²) < 4.78 is 34.0. The third-order valence-electron chi connectivity index (χ3n) is 3.63. The van der Waals surface area contributed by atoms with Crippen LogP contribution in [0, 0.1) is 0 Å². The number of benzene rings is 1. The van der Waals surface area contributed by atoms with Gasteiger partial charge in [-0.15, -0.1) is 0 Å². The molecule has 1 radical (unpaired) electrons. The smallest absolute Gasteiger partial charge is 0.370 e. The fourth-order valence-electron chi connectivity index (χ4n) is 2.29. The number of carbonyl (C=O) groups is 2. The van der Waals surface area contributed by atoms with Crippen molar-refractivity contribution in [1.82, 2.24) is 5.32 Å². The number of nitrogens with two attached hydrogens (primary N) is 1. The van der Waals surface area contributed by atoms with Gasteiger partial charge in [-0.1, -0.05) is 6.42 Å². The number of hydrogen-bond acceptors (Lipinski definition) is 7. The number of unbranched alkanes of at least 4 members (excludes halogenated alkanes) is 2. The normalized spacial score (nSPS) is 12.2. The quantitative estimate of drug-likeness (QED) is 0.255. The molecule has 2 amide bonds. The second kappa shape index (κ2) is 12.1. The first-order valence-electron chi connectivity index (χ1n) is 8.66. The molecule has 0 spiro atoms. The van der Waals surface area contributed by atoms with Crippen LogP contribution in [0.4, 0.5) is 5.69 Å². The van der Waals surface area contributed by atoms with E-state index >= 15 is 0 Å². The first-order valence-corrected chi connectivity index (χ1v) is 10.0. The molecule has 0 saturated carbocycles. The summed E-state index contributed by atoms with van der Waals surface area (Å²) in [5.41, 5.74) is 5.50. The van der Waals surface area contributed by atoms with E-state index < -0.39 is 22.3 Å². The van der Waals surface area contributed by atoms with Gasteiger partial charge in [0.1, 0.15) is 5.75 Å². The highest BCUT2D eigenvalue weighted by atomic mass is 32.3. The molecule has 155 valence electrons. The molecule has 28 heavy (non-hydrogen) atoms. The van der Waals surface area contributed by atoms with Crippen LogP contribution in [0.15, 0.2) is 24.3 Å². The second-order valence-corrected chi connectivity index (χ2v) is 7.05. The van der Waals surface area contributed by atoms with E-state index in [0.717, 1.165) is 12.8 Å². The number of rotatable bonds is 14. The summed E-state index contributed by atoms with van der Waals surface area (Å²) in [5, 5.41) is 5.63. The van der Waals surface area contributed by atoms with E-state index in [9.17, 15) is 22.8 Å². The molecular weight excluding hydrogens is 390 g/mol. The van der Waals surface area contributed by atoms with Gasteiger partial charge in [0, 0.05) is 18.5 Å². The van der Waals surface area contributed by atoms with Crippen molar-refractivity contribution in [1.29, 1.82) is 0 Å². The molecule has 1 rings (SSSR count). The molecule has 10 nitrogen and oxygen atoms in total. The van der Waals surface area contributed by atoms with Gasteiger partial charge in [0.25, 0.3) is 0 Å². The van der Waals surface area contributed by atoms with E-state index in [2.05, 4.69) is 14.8 Å². The lowest BCUT2D eigenvalue weighted by Crippen LogP contribution is -2.32. The molecule has 0 aromatic heterocycles. The third kappa shape index (κ3) is 11.3. The monoisotopic (exact) mass is 414 g/mol. The van der Waals surface area contributed by atoms with Crippen LogP contribution in [0.3, 0.4) is 0 Å². The van der Waals surface area contributed by atoms with Crippen molar-refractivity contribution in [2.45, 2.75) is 44.6 Å². The average Bonchev–Trinajstić information content (AvgIpc) is 2.60. The van der Waals surface area contributed by atoms with Crippen molar-refractivity contribution in [3.8, 4) is 5.75 Å². The summed E-state index contributed by atoms with van der Waals surface area (Å²) in [5.74, 6) is -0.736. The average molecular weight is 414 g/mol. The fourth-order valence-corrected chi connectivity index (χ4v) is 2.65. The van der Waals surface area contributed by atoms with E-state index in [4.69, 9.17) is 10.3 Å². The van der Waals surface area contributed by atoms with Gasteiger partial charge in [0.2, 0.25) is 18.1 Å². The maximum atomic E-state index is 11.9. The Bertz CT molecular complexity index is 751. The maximum absolute atomic E-state index is 11.9. The number of anilines is 1. The zero-order valence-corrected chi connectivity index (χ0v) is 16.0. The number of amides is 2. The van der Waals surface area contributed by atoms with Crippen LogP contribution in [-0.4, -0.2) is 43.7 Å². The minimum Gasteiger partial charge on any atom is -0.370 e. The molecule has 1 aromatic rings. The zero-order valence-electron chi connectivity index (χ0n) is 15.2. The van der Waals surface area contributed by atoms with Crippen LogP contribution >= 0.6 is 0 Å². The Hall–Kier alpha value is -2.50. The fraction of sp³-hybridized carbons (Fsp3) is 0.471. The predicted octanol–water partition coefficient (Wildman–Crippen LogP) is 0.700. The molecular formula is C17H24N3O7S. The van der Waals surface area contributed by atoms with Crippen molar-refractivity contribution in [2.75, 3.05) is 11.9 Å². The van der Waals surface area contributed by atoms with Gasteiger partial charge in [-0.25, -0.2) is 0 Å². The highest BCUT2D eigenvalue weighted by Crippen LogP contribution is 2.17. The van der Waals surface area contributed by atoms with Crippen LogP contribution < -0.4 is 20.6 Å².